The summed E-state index contributed by atoms with van der Waals surface area (Å²) in [7, 11) is 0. The second-order valence-corrected chi connectivity index (χ2v) is 2.47. The molecule has 0 fully saturated rings. The smallest absolute Gasteiger partial charge is 0.165 e. The standard InChI is InChI=1S/C9H10FNO/c1-2-8(11)6-3-4-9(12)7(10)5-6/h2-5,8,12H,1,11H2. The van der Waals surface area contributed by atoms with Crippen molar-refractivity contribution >= 4 is 0 Å². The van der Waals surface area contributed by atoms with Gasteiger partial charge >= 0.3 is 0 Å². The van der Waals surface area contributed by atoms with Crippen LogP contribution >= 0.6 is 0 Å². The zero-order chi connectivity index (χ0) is 9.14. The fourth-order valence-electron chi connectivity index (χ4n) is 0.867. The number of phenolic OH excluding ortho intramolecular Hbond substituents is 1. The molecule has 1 unspecified atom stereocenters. The predicted molar refractivity (Wildman–Crippen MR) is 45.2 cm³/mol. The van der Waals surface area contributed by atoms with Crippen molar-refractivity contribution in [1.29, 1.82) is 0 Å². The molecule has 0 aliphatic heterocycles. The Hall–Kier alpha value is -1.35. The molecule has 0 saturated heterocycles. The van der Waals surface area contributed by atoms with Gasteiger partial charge in [0, 0.05) is 6.04 Å². The molecule has 1 aromatic rings. The first kappa shape index (κ1) is 8.74. The highest BCUT2D eigenvalue weighted by Crippen LogP contribution is 2.19. The molecule has 0 amide bonds. The van der Waals surface area contributed by atoms with Gasteiger partial charge in [-0.1, -0.05) is 12.1 Å². The topological polar surface area (TPSA) is 46.2 Å². The zero-order valence-corrected chi connectivity index (χ0v) is 6.50. The maximum absolute atomic E-state index is 12.7. The summed E-state index contributed by atoms with van der Waals surface area (Å²) in [6.45, 7) is 3.48. The van der Waals surface area contributed by atoms with Crippen molar-refractivity contribution < 1.29 is 9.50 Å². The van der Waals surface area contributed by atoms with Crippen LogP contribution in [0.25, 0.3) is 0 Å². The quantitative estimate of drug-likeness (QED) is 0.659. The molecule has 0 saturated carbocycles. The van der Waals surface area contributed by atoms with Crippen LogP contribution in [0.15, 0.2) is 30.9 Å². The van der Waals surface area contributed by atoms with Gasteiger partial charge in [-0.2, -0.15) is 0 Å². The molecule has 0 aliphatic rings. The van der Waals surface area contributed by atoms with Gasteiger partial charge in [0.25, 0.3) is 0 Å². The van der Waals surface area contributed by atoms with Gasteiger partial charge in [-0.15, -0.1) is 6.58 Å². The molecular weight excluding hydrogens is 157 g/mol. The van der Waals surface area contributed by atoms with Gasteiger partial charge in [0.2, 0.25) is 0 Å². The molecule has 64 valence electrons. The molecule has 0 aromatic heterocycles. The summed E-state index contributed by atoms with van der Waals surface area (Å²) in [4.78, 5) is 0. The average Bonchev–Trinajstić information content (AvgIpc) is 2.08. The average molecular weight is 167 g/mol. The van der Waals surface area contributed by atoms with E-state index in [0.29, 0.717) is 5.56 Å². The van der Waals surface area contributed by atoms with Gasteiger partial charge in [0.15, 0.2) is 11.6 Å². The Labute approximate surface area is 70.1 Å². The third-order valence-corrected chi connectivity index (χ3v) is 1.61. The molecule has 0 heterocycles. The Morgan fingerprint density at radius 3 is 2.75 bits per heavy atom. The van der Waals surface area contributed by atoms with E-state index >= 15 is 0 Å². The summed E-state index contributed by atoms with van der Waals surface area (Å²) in [6.07, 6.45) is 1.51. The molecule has 1 atom stereocenters. The van der Waals surface area contributed by atoms with Crippen LogP contribution in [0.4, 0.5) is 4.39 Å². The van der Waals surface area contributed by atoms with E-state index in [-0.39, 0.29) is 11.8 Å². The molecule has 0 aliphatic carbocycles. The normalized spacial score (nSPS) is 12.5. The van der Waals surface area contributed by atoms with E-state index in [9.17, 15) is 4.39 Å². The maximum atomic E-state index is 12.7. The van der Waals surface area contributed by atoms with Gasteiger partial charge < -0.3 is 10.8 Å². The highest BCUT2D eigenvalue weighted by atomic mass is 19.1. The Kier molecular flexibility index (Phi) is 2.45. The van der Waals surface area contributed by atoms with Crippen LogP contribution in [0.3, 0.4) is 0 Å². The second kappa shape index (κ2) is 3.36. The largest absolute Gasteiger partial charge is 0.505 e. The lowest BCUT2D eigenvalue weighted by Gasteiger charge is -2.06. The van der Waals surface area contributed by atoms with Crippen LogP contribution in [-0.2, 0) is 0 Å². The van der Waals surface area contributed by atoms with E-state index in [1.807, 2.05) is 0 Å². The number of nitrogens with two attached hydrogens (primary N) is 1. The van der Waals surface area contributed by atoms with E-state index in [0.717, 1.165) is 0 Å². The molecule has 1 aromatic carbocycles. The third-order valence-electron chi connectivity index (χ3n) is 1.61. The van der Waals surface area contributed by atoms with Gasteiger partial charge in [0.1, 0.15) is 0 Å². The van der Waals surface area contributed by atoms with Crippen molar-refractivity contribution in [2.45, 2.75) is 6.04 Å². The summed E-state index contributed by atoms with van der Waals surface area (Å²) in [5, 5.41) is 8.86. The molecule has 0 bridgehead atoms. The Balaban J connectivity index is 3.04. The summed E-state index contributed by atoms with van der Waals surface area (Å²) in [6, 6.07) is 3.64. The molecule has 3 N–H and O–H groups in total. The molecule has 12 heavy (non-hydrogen) atoms. The van der Waals surface area contributed by atoms with Gasteiger partial charge in [0.05, 0.1) is 0 Å². The zero-order valence-electron chi connectivity index (χ0n) is 6.50. The monoisotopic (exact) mass is 167 g/mol. The van der Waals surface area contributed by atoms with Crippen molar-refractivity contribution in [2.75, 3.05) is 0 Å². The number of phenols is 1. The molecule has 2 nitrogen and oxygen atoms in total. The lowest BCUT2D eigenvalue weighted by molar-refractivity contribution is 0.431. The number of halogens is 1. The number of aromatic hydroxyl groups is 1. The lowest BCUT2D eigenvalue weighted by atomic mass is 10.1. The Bertz CT molecular complexity index is 299. The van der Waals surface area contributed by atoms with E-state index < -0.39 is 5.82 Å². The second-order valence-electron chi connectivity index (χ2n) is 2.47. The summed E-state index contributed by atoms with van der Waals surface area (Å²) in [5.41, 5.74) is 6.14. The molecule has 1 rings (SSSR count). The lowest BCUT2D eigenvalue weighted by Crippen LogP contribution is -2.06. The van der Waals surface area contributed by atoms with Gasteiger partial charge in [-0.3, -0.25) is 0 Å². The Morgan fingerprint density at radius 2 is 2.25 bits per heavy atom. The molecular formula is C9H10FNO. The highest BCUT2D eigenvalue weighted by molar-refractivity contribution is 5.31. The van der Waals surface area contributed by atoms with Crippen LogP contribution in [0, 0.1) is 5.82 Å². The van der Waals surface area contributed by atoms with Gasteiger partial charge in [-0.05, 0) is 17.7 Å². The van der Waals surface area contributed by atoms with Crippen LogP contribution in [-0.4, -0.2) is 5.11 Å². The summed E-state index contributed by atoms with van der Waals surface area (Å²) < 4.78 is 12.7. The van der Waals surface area contributed by atoms with E-state index in [4.69, 9.17) is 10.8 Å². The number of hydrogen-bond acceptors (Lipinski definition) is 2. The van der Waals surface area contributed by atoms with E-state index in [1.54, 1.807) is 6.07 Å². The number of benzene rings is 1. The van der Waals surface area contributed by atoms with Crippen LogP contribution < -0.4 is 5.73 Å². The number of rotatable bonds is 2. The minimum atomic E-state index is -0.662. The molecule has 0 spiro atoms. The van der Waals surface area contributed by atoms with E-state index in [1.165, 1.54) is 18.2 Å². The first-order chi connectivity index (χ1) is 5.65. The van der Waals surface area contributed by atoms with Crippen molar-refractivity contribution in [3.63, 3.8) is 0 Å². The predicted octanol–water partition coefficient (Wildman–Crippen LogP) is 1.72. The van der Waals surface area contributed by atoms with Crippen molar-refractivity contribution in [3.8, 4) is 5.75 Å². The highest BCUT2D eigenvalue weighted by Gasteiger charge is 2.05. The Morgan fingerprint density at radius 1 is 1.58 bits per heavy atom. The summed E-state index contributed by atoms with van der Waals surface area (Å²) in [5.74, 6) is -1.03. The van der Waals surface area contributed by atoms with Crippen LogP contribution in [0.2, 0.25) is 0 Å². The van der Waals surface area contributed by atoms with Crippen molar-refractivity contribution in [3.05, 3.63) is 42.2 Å². The van der Waals surface area contributed by atoms with Gasteiger partial charge in [-0.25, -0.2) is 4.39 Å². The fraction of sp³-hybridized carbons (Fsp3) is 0.111. The van der Waals surface area contributed by atoms with Crippen molar-refractivity contribution in [2.24, 2.45) is 5.73 Å². The van der Waals surface area contributed by atoms with Crippen molar-refractivity contribution in [1.82, 2.24) is 0 Å². The molecule has 3 heteroatoms. The first-order valence-electron chi connectivity index (χ1n) is 3.51. The minimum Gasteiger partial charge on any atom is -0.505 e. The fourth-order valence-corrected chi connectivity index (χ4v) is 0.867. The SMILES string of the molecule is C=CC(N)c1ccc(O)c(F)c1. The first-order valence-corrected chi connectivity index (χ1v) is 3.51. The minimum absolute atomic E-state index is 0.366. The van der Waals surface area contributed by atoms with Crippen LogP contribution in [0.5, 0.6) is 5.75 Å². The summed E-state index contributed by atoms with van der Waals surface area (Å²) >= 11 is 0. The van der Waals surface area contributed by atoms with Crippen LogP contribution in [0.1, 0.15) is 11.6 Å². The molecule has 0 radical (unpaired) electrons. The number of hydrogen-bond donors (Lipinski definition) is 2. The van der Waals surface area contributed by atoms with E-state index in [2.05, 4.69) is 6.58 Å². The third kappa shape index (κ3) is 1.62. The maximum Gasteiger partial charge on any atom is 0.165 e.